The molecule has 0 aliphatic heterocycles. The quantitative estimate of drug-likeness (QED) is 0.727. The van der Waals surface area contributed by atoms with Crippen molar-refractivity contribution < 1.29 is 0 Å². The van der Waals surface area contributed by atoms with Crippen molar-refractivity contribution in [2.24, 2.45) is 0 Å². The average Bonchev–Trinajstić information content (AvgIpc) is 2.66. The number of aromatic nitrogens is 3. The number of nitrogens with zero attached hydrogens (tertiary/aromatic N) is 3. The third-order valence-corrected chi connectivity index (χ3v) is 2.62. The lowest BCUT2D eigenvalue weighted by atomic mass is 10.2. The van der Waals surface area contributed by atoms with Crippen LogP contribution in [-0.4, -0.2) is 26.7 Å². The number of nitrogens with one attached hydrogen (secondary N) is 1. The summed E-state index contributed by atoms with van der Waals surface area (Å²) in [5.74, 6) is 0.970. The van der Waals surface area contributed by atoms with Crippen LogP contribution < -0.4 is 5.32 Å². The highest BCUT2D eigenvalue weighted by atomic mass is 35.5. The summed E-state index contributed by atoms with van der Waals surface area (Å²) < 4.78 is 1.88. The molecule has 0 saturated heterocycles. The summed E-state index contributed by atoms with van der Waals surface area (Å²) in [5, 5.41) is 7.61. The molecule has 0 saturated carbocycles. The van der Waals surface area contributed by atoms with Gasteiger partial charge >= 0.3 is 0 Å². The first kappa shape index (κ1) is 12.5. The van der Waals surface area contributed by atoms with Gasteiger partial charge in [-0.05, 0) is 13.3 Å². The minimum Gasteiger partial charge on any atom is -0.308 e. The second-order valence-corrected chi connectivity index (χ2v) is 4.13. The van der Waals surface area contributed by atoms with Gasteiger partial charge in [0.05, 0.1) is 6.54 Å². The first-order chi connectivity index (χ1) is 7.27. The fourth-order valence-corrected chi connectivity index (χ4v) is 1.77. The van der Waals surface area contributed by atoms with Crippen LogP contribution in [0, 0.1) is 0 Å². The summed E-state index contributed by atoms with van der Waals surface area (Å²) >= 11 is 6.09. The fraction of sp³-hybridized carbons (Fsp3) is 0.800. The summed E-state index contributed by atoms with van der Waals surface area (Å²) in [4.78, 5) is 4.18. The molecule has 0 bridgehead atoms. The van der Waals surface area contributed by atoms with Crippen LogP contribution >= 0.6 is 11.6 Å². The van der Waals surface area contributed by atoms with Crippen molar-refractivity contribution in [3.8, 4) is 0 Å². The van der Waals surface area contributed by atoms with Gasteiger partial charge < -0.3 is 5.32 Å². The third kappa shape index (κ3) is 4.18. The first-order valence-electron chi connectivity index (χ1n) is 5.49. The maximum atomic E-state index is 6.09. The molecule has 0 amide bonds. The molecule has 4 nitrogen and oxygen atoms in total. The van der Waals surface area contributed by atoms with Crippen molar-refractivity contribution in [1.29, 1.82) is 0 Å². The Morgan fingerprint density at radius 3 is 3.00 bits per heavy atom. The number of aryl methyl sites for hydroxylation is 1. The summed E-state index contributed by atoms with van der Waals surface area (Å²) in [6, 6.07) is 0. The third-order valence-electron chi connectivity index (χ3n) is 2.25. The van der Waals surface area contributed by atoms with E-state index in [-0.39, 0.29) is 5.38 Å². The van der Waals surface area contributed by atoms with Crippen LogP contribution in [0.25, 0.3) is 0 Å². The molecule has 1 atom stereocenters. The van der Waals surface area contributed by atoms with Crippen molar-refractivity contribution in [3.63, 3.8) is 0 Å². The maximum absolute atomic E-state index is 6.09. The van der Waals surface area contributed by atoms with Gasteiger partial charge in [0, 0.05) is 18.5 Å². The standard InChI is InChI=1S/C10H19ClN4/c1-3-5-9(11)6-12-7-10-13-8-14-15(10)4-2/h8-9,12H,3-7H2,1-2H3. The van der Waals surface area contributed by atoms with Crippen LogP contribution in [0.5, 0.6) is 0 Å². The van der Waals surface area contributed by atoms with E-state index in [0.717, 1.165) is 38.3 Å². The molecule has 15 heavy (non-hydrogen) atoms. The lowest BCUT2D eigenvalue weighted by Gasteiger charge is -2.09. The summed E-state index contributed by atoms with van der Waals surface area (Å²) in [7, 11) is 0. The Labute approximate surface area is 96.0 Å². The molecular weight excluding hydrogens is 212 g/mol. The highest BCUT2D eigenvalue weighted by Gasteiger charge is 2.05. The molecule has 0 spiro atoms. The molecule has 1 aromatic rings. The number of hydrogen-bond acceptors (Lipinski definition) is 3. The molecule has 5 heteroatoms. The van der Waals surface area contributed by atoms with E-state index < -0.39 is 0 Å². The van der Waals surface area contributed by atoms with E-state index in [1.807, 2.05) is 4.68 Å². The second-order valence-electron chi connectivity index (χ2n) is 3.51. The summed E-state index contributed by atoms with van der Waals surface area (Å²) in [6.07, 6.45) is 3.76. The van der Waals surface area contributed by atoms with Gasteiger partial charge in [0.2, 0.25) is 0 Å². The highest BCUT2D eigenvalue weighted by Crippen LogP contribution is 2.03. The molecule has 86 valence electrons. The molecule has 0 aliphatic carbocycles. The van der Waals surface area contributed by atoms with E-state index >= 15 is 0 Å². The minimum atomic E-state index is 0.216. The van der Waals surface area contributed by atoms with Crippen molar-refractivity contribution >= 4 is 11.6 Å². The topological polar surface area (TPSA) is 42.7 Å². The van der Waals surface area contributed by atoms with Crippen molar-refractivity contribution in [2.75, 3.05) is 6.54 Å². The van der Waals surface area contributed by atoms with Gasteiger partial charge in [-0.15, -0.1) is 11.6 Å². The van der Waals surface area contributed by atoms with Crippen molar-refractivity contribution in [2.45, 2.75) is 45.2 Å². The number of hydrogen-bond donors (Lipinski definition) is 1. The summed E-state index contributed by atoms with van der Waals surface area (Å²) in [6.45, 7) is 6.62. The fourth-order valence-electron chi connectivity index (χ4n) is 1.45. The van der Waals surface area contributed by atoms with E-state index in [0.29, 0.717) is 0 Å². The normalized spacial score (nSPS) is 13.0. The Hall–Kier alpha value is -0.610. The van der Waals surface area contributed by atoms with Gasteiger partial charge in [-0.1, -0.05) is 13.3 Å². The molecule has 0 radical (unpaired) electrons. The van der Waals surface area contributed by atoms with Crippen LogP contribution in [0.1, 0.15) is 32.5 Å². The van der Waals surface area contributed by atoms with Gasteiger partial charge in [0.25, 0.3) is 0 Å². The lowest BCUT2D eigenvalue weighted by molar-refractivity contribution is 0.558. The van der Waals surface area contributed by atoms with Crippen LogP contribution in [0.15, 0.2) is 6.33 Å². The second kappa shape index (κ2) is 6.80. The zero-order valence-corrected chi connectivity index (χ0v) is 10.2. The van der Waals surface area contributed by atoms with E-state index in [4.69, 9.17) is 11.6 Å². The van der Waals surface area contributed by atoms with Crippen LogP contribution in [-0.2, 0) is 13.1 Å². The number of rotatable bonds is 7. The van der Waals surface area contributed by atoms with Crippen LogP contribution in [0.3, 0.4) is 0 Å². The molecule has 1 aromatic heterocycles. The van der Waals surface area contributed by atoms with E-state index in [1.165, 1.54) is 0 Å². The van der Waals surface area contributed by atoms with Crippen molar-refractivity contribution in [1.82, 2.24) is 20.1 Å². The average molecular weight is 231 g/mol. The Balaban J connectivity index is 2.25. The molecule has 1 heterocycles. The van der Waals surface area contributed by atoms with Crippen LogP contribution in [0.2, 0.25) is 0 Å². The maximum Gasteiger partial charge on any atom is 0.140 e. The zero-order valence-electron chi connectivity index (χ0n) is 9.41. The molecule has 0 fully saturated rings. The lowest BCUT2D eigenvalue weighted by Crippen LogP contribution is -2.24. The number of alkyl halides is 1. The Kier molecular flexibility index (Phi) is 5.65. The van der Waals surface area contributed by atoms with E-state index in [1.54, 1.807) is 6.33 Å². The van der Waals surface area contributed by atoms with Gasteiger partial charge in [-0.2, -0.15) is 5.10 Å². The molecule has 1 rings (SSSR count). The first-order valence-corrected chi connectivity index (χ1v) is 5.93. The predicted molar refractivity (Wildman–Crippen MR) is 62.0 cm³/mol. The molecule has 1 N–H and O–H groups in total. The Morgan fingerprint density at radius 2 is 2.33 bits per heavy atom. The molecule has 1 unspecified atom stereocenters. The predicted octanol–water partition coefficient (Wildman–Crippen LogP) is 1.80. The molecular formula is C10H19ClN4. The van der Waals surface area contributed by atoms with Gasteiger partial charge in [-0.3, -0.25) is 0 Å². The van der Waals surface area contributed by atoms with Crippen molar-refractivity contribution in [3.05, 3.63) is 12.2 Å². The Bertz CT molecular complexity index is 274. The highest BCUT2D eigenvalue weighted by molar-refractivity contribution is 6.20. The molecule has 0 aliphatic rings. The summed E-state index contributed by atoms with van der Waals surface area (Å²) in [5.41, 5.74) is 0. The zero-order chi connectivity index (χ0) is 11.1. The van der Waals surface area contributed by atoms with Gasteiger partial charge in [-0.25, -0.2) is 9.67 Å². The monoisotopic (exact) mass is 230 g/mol. The minimum absolute atomic E-state index is 0.216. The van der Waals surface area contributed by atoms with Gasteiger partial charge in [0.15, 0.2) is 0 Å². The van der Waals surface area contributed by atoms with E-state index in [9.17, 15) is 0 Å². The van der Waals surface area contributed by atoms with Crippen LogP contribution in [0.4, 0.5) is 0 Å². The van der Waals surface area contributed by atoms with Gasteiger partial charge in [0.1, 0.15) is 12.2 Å². The SMILES string of the molecule is CCCC(Cl)CNCc1ncnn1CC. The molecule has 0 aromatic carbocycles. The number of halogens is 1. The Morgan fingerprint density at radius 1 is 1.53 bits per heavy atom. The van der Waals surface area contributed by atoms with E-state index in [2.05, 4.69) is 29.2 Å². The smallest absolute Gasteiger partial charge is 0.140 e. The largest absolute Gasteiger partial charge is 0.308 e.